The molecule has 0 N–H and O–H groups in total. The fourth-order valence-corrected chi connectivity index (χ4v) is 3.48. The van der Waals surface area contributed by atoms with E-state index in [9.17, 15) is 0 Å². The van der Waals surface area contributed by atoms with Crippen LogP contribution in [0, 0.1) is 0 Å². The fourth-order valence-electron chi connectivity index (χ4n) is 2.93. The lowest BCUT2D eigenvalue weighted by Crippen LogP contribution is -2.30. The monoisotopic (exact) mass is 309 g/mol. The molecule has 18 heavy (non-hydrogen) atoms. The molecular weight excluding hydrogens is 286 g/mol. The van der Waals surface area contributed by atoms with E-state index in [2.05, 4.69) is 46.8 Å². The second-order valence-electron chi connectivity index (χ2n) is 5.25. The van der Waals surface area contributed by atoms with Crippen LogP contribution >= 0.6 is 15.9 Å². The van der Waals surface area contributed by atoms with Crippen LogP contribution in [-0.4, -0.2) is 18.0 Å². The van der Waals surface area contributed by atoms with E-state index in [-0.39, 0.29) is 0 Å². The quantitative estimate of drug-likeness (QED) is 0.788. The van der Waals surface area contributed by atoms with Gasteiger partial charge in [-0.25, -0.2) is 0 Å². The van der Waals surface area contributed by atoms with Gasteiger partial charge in [0, 0.05) is 11.0 Å². The topological polar surface area (TPSA) is 3.24 Å². The van der Waals surface area contributed by atoms with E-state index >= 15 is 0 Å². The maximum atomic E-state index is 3.64. The summed E-state index contributed by atoms with van der Waals surface area (Å²) in [5.41, 5.74) is 4.63. The number of aryl methyl sites for hydroxylation is 2. The highest BCUT2D eigenvalue weighted by atomic mass is 79.9. The number of rotatable bonds is 4. The van der Waals surface area contributed by atoms with E-state index < -0.39 is 0 Å². The molecule has 0 bridgehead atoms. The van der Waals surface area contributed by atoms with Crippen LogP contribution in [0.15, 0.2) is 16.6 Å². The van der Waals surface area contributed by atoms with Gasteiger partial charge in [-0.1, -0.05) is 36.2 Å². The zero-order valence-electron chi connectivity index (χ0n) is 11.6. The Labute approximate surface area is 120 Å². The van der Waals surface area contributed by atoms with Gasteiger partial charge < -0.3 is 0 Å². The summed E-state index contributed by atoms with van der Waals surface area (Å²) in [7, 11) is 0. The van der Waals surface area contributed by atoms with Crippen molar-refractivity contribution in [1.82, 2.24) is 4.90 Å². The van der Waals surface area contributed by atoms with Crippen LogP contribution < -0.4 is 0 Å². The molecule has 0 radical (unpaired) electrons. The SMILES string of the molecule is CCc1cc(Br)cc(CC)c1CN1CCCCC1. The molecule has 1 aromatic carbocycles. The molecule has 1 aromatic rings. The first kappa shape index (κ1) is 14.1. The van der Waals surface area contributed by atoms with Crippen LogP contribution in [0.2, 0.25) is 0 Å². The molecule has 1 saturated heterocycles. The van der Waals surface area contributed by atoms with Crippen LogP contribution in [0.25, 0.3) is 0 Å². The molecule has 2 heteroatoms. The summed E-state index contributed by atoms with van der Waals surface area (Å²) in [5, 5.41) is 0. The van der Waals surface area contributed by atoms with Gasteiger partial charge in [0.1, 0.15) is 0 Å². The van der Waals surface area contributed by atoms with Crippen LogP contribution in [0.1, 0.15) is 49.8 Å². The molecule has 0 atom stereocenters. The number of nitrogens with zero attached hydrogens (tertiary/aromatic N) is 1. The van der Waals surface area contributed by atoms with E-state index in [1.807, 2.05) is 0 Å². The zero-order chi connectivity index (χ0) is 13.0. The third-order valence-corrected chi connectivity index (χ3v) is 4.45. The first-order valence-electron chi connectivity index (χ1n) is 7.27. The number of hydrogen-bond acceptors (Lipinski definition) is 1. The van der Waals surface area contributed by atoms with Gasteiger partial charge in [0.15, 0.2) is 0 Å². The molecule has 2 rings (SSSR count). The predicted octanol–water partition coefficient (Wildman–Crippen LogP) is 4.56. The molecule has 0 aliphatic carbocycles. The van der Waals surface area contributed by atoms with Crippen LogP contribution in [-0.2, 0) is 19.4 Å². The van der Waals surface area contributed by atoms with Gasteiger partial charge in [-0.2, -0.15) is 0 Å². The predicted molar refractivity (Wildman–Crippen MR) is 82.0 cm³/mol. The summed E-state index contributed by atoms with van der Waals surface area (Å²) < 4.78 is 1.23. The molecule has 0 spiro atoms. The van der Waals surface area contributed by atoms with Crippen molar-refractivity contribution in [3.8, 4) is 0 Å². The molecule has 0 saturated carbocycles. The Morgan fingerprint density at radius 3 is 2.06 bits per heavy atom. The van der Waals surface area contributed by atoms with Crippen molar-refractivity contribution in [1.29, 1.82) is 0 Å². The Kier molecular flexibility index (Phi) is 5.25. The summed E-state index contributed by atoms with van der Waals surface area (Å²) in [6.07, 6.45) is 6.43. The summed E-state index contributed by atoms with van der Waals surface area (Å²) in [6, 6.07) is 4.61. The van der Waals surface area contributed by atoms with Crippen LogP contribution in [0.5, 0.6) is 0 Å². The van der Waals surface area contributed by atoms with Crippen molar-refractivity contribution in [2.24, 2.45) is 0 Å². The molecule has 1 aliphatic rings. The molecule has 1 nitrogen and oxygen atoms in total. The Bertz CT molecular complexity index is 369. The molecule has 100 valence electrons. The molecule has 1 heterocycles. The van der Waals surface area contributed by atoms with Gasteiger partial charge in [-0.3, -0.25) is 4.90 Å². The van der Waals surface area contributed by atoms with Crippen molar-refractivity contribution in [3.63, 3.8) is 0 Å². The van der Waals surface area contributed by atoms with E-state index in [0.717, 1.165) is 19.4 Å². The number of halogens is 1. The number of hydrogen-bond donors (Lipinski definition) is 0. The number of benzene rings is 1. The van der Waals surface area contributed by atoms with Gasteiger partial charge in [0.2, 0.25) is 0 Å². The van der Waals surface area contributed by atoms with Gasteiger partial charge in [0.05, 0.1) is 0 Å². The standard InChI is InChI=1S/C16H24BrN/c1-3-13-10-15(17)11-14(4-2)16(13)12-18-8-6-5-7-9-18/h10-11H,3-9,12H2,1-2H3. The lowest BCUT2D eigenvalue weighted by Gasteiger charge is -2.28. The Morgan fingerprint density at radius 2 is 1.56 bits per heavy atom. The number of piperidine rings is 1. The lowest BCUT2D eigenvalue weighted by atomic mass is 9.96. The van der Waals surface area contributed by atoms with E-state index in [4.69, 9.17) is 0 Å². The third-order valence-electron chi connectivity index (χ3n) is 3.99. The highest BCUT2D eigenvalue weighted by molar-refractivity contribution is 9.10. The van der Waals surface area contributed by atoms with Gasteiger partial charge in [-0.15, -0.1) is 0 Å². The summed E-state index contributed by atoms with van der Waals surface area (Å²) in [4.78, 5) is 2.63. The highest BCUT2D eigenvalue weighted by Gasteiger charge is 2.15. The largest absolute Gasteiger partial charge is 0.299 e. The Balaban J connectivity index is 2.23. The average molecular weight is 310 g/mol. The van der Waals surface area contributed by atoms with Gasteiger partial charge in [0.25, 0.3) is 0 Å². The molecule has 0 unspecified atom stereocenters. The molecule has 0 aromatic heterocycles. The Morgan fingerprint density at radius 1 is 1.00 bits per heavy atom. The van der Waals surface area contributed by atoms with Crippen molar-refractivity contribution >= 4 is 15.9 Å². The summed E-state index contributed by atoms with van der Waals surface area (Å²) in [5.74, 6) is 0. The maximum absolute atomic E-state index is 3.64. The maximum Gasteiger partial charge on any atom is 0.0239 e. The van der Waals surface area contributed by atoms with Crippen LogP contribution in [0.3, 0.4) is 0 Å². The minimum Gasteiger partial charge on any atom is -0.299 e. The second-order valence-corrected chi connectivity index (χ2v) is 6.16. The lowest BCUT2D eigenvalue weighted by molar-refractivity contribution is 0.220. The number of likely N-dealkylation sites (tertiary alicyclic amines) is 1. The first-order chi connectivity index (χ1) is 8.74. The van der Waals surface area contributed by atoms with Gasteiger partial charge in [-0.05, 0) is 67.6 Å². The normalized spacial score (nSPS) is 17.1. The highest BCUT2D eigenvalue weighted by Crippen LogP contribution is 2.25. The molecular formula is C16H24BrN. The average Bonchev–Trinajstić information content (AvgIpc) is 2.41. The third kappa shape index (κ3) is 3.36. The minimum absolute atomic E-state index is 1.13. The molecule has 0 amide bonds. The zero-order valence-corrected chi connectivity index (χ0v) is 13.2. The summed E-state index contributed by atoms with van der Waals surface area (Å²) >= 11 is 3.64. The van der Waals surface area contributed by atoms with E-state index in [1.165, 1.54) is 48.0 Å². The minimum atomic E-state index is 1.13. The van der Waals surface area contributed by atoms with E-state index in [0.29, 0.717) is 0 Å². The molecule has 1 fully saturated rings. The Hall–Kier alpha value is -0.340. The first-order valence-corrected chi connectivity index (χ1v) is 8.06. The second kappa shape index (κ2) is 6.72. The molecule has 1 aliphatic heterocycles. The van der Waals surface area contributed by atoms with E-state index in [1.54, 1.807) is 5.56 Å². The van der Waals surface area contributed by atoms with Crippen molar-refractivity contribution < 1.29 is 0 Å². The van der Waals surface area contributed by atoms with Crippen molar-refractivity contribution in [3.05, 3.63) is 33.3 Å². The van der Waals surface area contributed by atoms with Gasteiger partial charge >= 0.3 is 0 Å². The smallest absolute Gasteiger partial charge is 0.0239 e. The van der Waals surface area contributed by atoms with Crippen LogP contribution in [0.4, 0.5) is 0 Å². The van der Waals surface area contributed by atoms with Crippen molar-refractivity contribution in [2.75, 3.05) is 13.1 Å². The van der Waals surface area contributed by atoms with Crippen molar-refractivity contribution in [2.45, 2.75) is 52.5 Å². The fraction of sp³-hybridized carbons (Fsp3) is 0.625. The summed E-state index contributed by atoms with van der Waals surface area (Å²) in [6.45, 7) is 8.24.